The van der Waals surface area contributed by atoms with Crippen LogP contribution in [0.4, 0.5) is 0 Å². The van der Waals surface area contributed by atoms with E-state index in [1.54, 1.807) is 17.8 Å². The highest BCUT2D eigenvalue weighted by Gasteiger charge is 2.20. The summed E-state index contributed by atoms with van der Waals surface area (Å²) < 4.78 is 7.36. The smallest absolute Gasteiger partial charge is 0.273 e. The van der Waals surface area contributed by atoms with Crippen molar-refractivity contribution in [2.24, 2.45) is 0 Å². The van der Waals surface area contributed by atoms with E-state index in [9.17, 15) is 9.59 Å². The van der Waals surface area contributed by atoms with Crippen molar-refractivity contribution in [2.45, 2.75) is 13.3 Å². The molecule has 8 heteroatoms. The van der Waals surface area contributed by atoms with Crippen LogP contribution in [0.3, 0.4) is 0 Å². The molecule has 0 spiro atoms. The van der Waals surface area contributed by atoms with Crippen molar-refractivity contribution in [1.29, 1.82) is 0 Å². The van der Waals surface area contributed by atoms with Gasteiger partial charge in [0, 0.05) is 17.3 Å². The first kappa shape index (κ1) is 22.8. The third kappa shape index (κ3) is 4.92. The molecule has 0 aliphatic rings. The van der Waals surface area contributed by atoms with Gasteiger partial charge in [-0.3, -0.25) is 20.4 Å². The SMILES string of the molecule is Cc1oc(-c2ccccc2)nc1CC(=O)NNC(=O)c1cn(-c2ccccc2)nc1-c1ccccc1. The Morgan fingerprint density at radius 2 is 1.44 bits per heavy atom. The largest absolute Gasteiger partial charge is 0.441 e. The molecule has 0 fully saturated rings. The molecular weight excluding hydrogens is 454 g/mol. The summed E-state index contributed by atoms with van der Waals surface area (Å²) in [6.07, 6.45) is 1.60. The van der Waals surface area contributed by atoms with Crippen LogP contribution in [0, 0.1) is 6.92 Å². The van der Waals surface area contributed by atoms with Gasteiger partial charge < -0.3 is 4.42 Å². The summed E-state index contributed by atoms with van der Waals surface area (Å²) in [7, 11) is 0. The predicted octanol–water partition coefficient (Wildman–Crippen LogP) is 4.51. The number of rotatable bonds is 6. The van der Waals surface area contributed by atoms with E-state index in [0.717, 1.165) is 16.8 Å². The first-order valence-corrected chi connectivity index (χ1v) is 11.4. The minimum absolute atomic E-state index is 0.0444. The molecular formula is C28H23N5O3. The lowest BCUT2D eigenvalue weighted by Gasteiger charge is -2.07. The summed E-state index contributed by atoms with van der Waals surface area (Å²) in [6, 6.07) is 28.4. The van der Waals surface area contributed by atoms with Gasteiger partial charge in [-0.25, -0.2) is 9.67 Å². The summed E-state index contributed by atoms with van der Waals surface area (Å²) in [4.78, 5) is 30.1. The van der Waals surface area contributed by atoms with Gasteiger partial charge >= 0.3 is 0 Å². The topological polar surface area (TPSA) is 102 Å². The molecule has 0 aliphatic heterocycles. The molecule has 178 valence electrons. The van der Waals surface area contributed by atoms with Crippen LogP contribution in [-0.4, -0.2) is 26.6 Å². The Morgan fingerprint density at radius 1 is 0.833 bits per heavy atom. The number of para-hydroxylation sites is 1. The lowest BCUT2D eigenvalue weighted by atomic mass is 10.1. The monoisotopic (exact) mass is 477 g/mol. The lowest BCUT2D eigenvalue weighted by Crippen LogP contribution is -2.42. The second-order valence-corrected chi connectivity index (χ2v) is 8.10. The summed E-state index contributed by atoms with van der Waals surface area (Å²) in [6.45, 7) is 1.75. The van der Waals surface area contributed by atoms with E-state index < -0.39 is 11.8 Å². The van der Waals surface area contributed by atoms with E-state index in [-0.39, 0.29) is 6.42 Å². The highest BCUT2D eigenvalue weighted by atomic mass is 16.4. The van der Waals surface area contributed by atoms with E-state index in [0.29, 0.717) is 28.6 Å². The fourth-order valence-electron chi connectivity index (χ4n) is 3.75. The highest BCUT2D eigenvalue weighted by molar-refractivity contribution is 6.00. The molecule has 0 saturated carbocycles. The Morgan fingerprint density at radius 3 is 2.11 bits per heavy atom. The normalized spacial score (nSPS) is 10.7. The summed E-state index contributed by atoms with van der Waals surface area (Å²) in [5, 5.41) is 4.63. The van der Waals surface area contributed by atoms with Crippen molar-refractivity contribution in [1.82, 2.24) is 25.6 Å². The standard InChI is InChI=1S/C28H23N5O3/c1-19-24(29-28(36-19)21-13-7-3-8-14-21)17-25(34)30-31-27(35)23-18-33(22-15-9-4-10-16-22)32-26(23)20-11-5-2-6-12-20/h2-16,18H,17H2,1H3,(H,30,34)(H,31,35). The van der Waals surface area contributed by atoms with Crippen LogP contribution < -0.4 is 10.9 Å². The molecule has 2 heterocycles. The average Bonchev–Trinajstić information content (AvgIpc) is 3.53. The minimum Gasteiger partial charge on any atom is -0.441 e. The van der Waals surface area contributed by atoms with Crippen molar-refractivity contribution >= 4 is 11.8 Å². The number of aryl methyl sites for hydroxylation is 1. The second-order valence-electron chi connectivity index (χ2n) is 8.10. The maximum Gasteiger partial charge on any atom is 0.273 e. The molecule has 0 radical (unpaired) electrons. The Bertz CT molecular complexity index is 1490. The van der Waals surface area contributed by atoms with Crippen LogP contribution in [0.1, 0.15) is 21.8 Å². The van der Waals surface area contributed by atoms with Gasteiger partial charge in [-0.15, -0.1) is 0 Å². The number of hydrogen-bond acceptors (Lipinski definition) is 5. The third-order valence-electron chi connectivity index (χ3n) is 5.58. The van der Waals surface area contributed by atoms with Gasteiger partial charge in [0.25, 0.3) is 5.91 Å². The van der Waals surface area contributed by atoms with Crippen molar-refractivity contribution in [3.63, 3.8) is 0 Å². The number of carbonyl (C=O) groups excluding carboxylic acids is 2. The van der Waals surface area contributed by atoms with E-state index in [2.05, 4.69) is 20.9 Å². The maximum atomic E-state index is 13.1. The van der Waals surface area contributed by atoms with E-state index in [4.69, 9.17) is 4.42 Å². The maximum absolute atomic E-state index is 13.1. The molecule has 2 aromatic heterocycles. The quantitative estimate of drug-likeness (QED) is 0.351. The number of amides is 2. The Balaban J connectivity index is 1.31. The van der Waals surface area contributed by atoms with Gasteiger partial charge in [0.15, 0.2) is 0 Å². The first-order chi connectivity index (χ1) is 17.6. The van der Waals surface area contributed by atoms with Crippen molar-refractivity contribution in [3.05, 3.63) is 114 Å². The van der Waals surface area contributed by atoms with Gasteiger partial charge in [-0.2, -0.15) is 5.10 Å². The number of hydrogen-bond donors (Lipinski definition) is 2. The molecule has 0 saturated heterocycles. The summed E-state index contributed by atoms with van der Waals surface area (Å²) in [5.74, 6) is 0.0916. The molecule has 5 aromatic rings. The first-order valence-electron chi connectivity index (χ1n) is 11.4. The van der Waals surface area contributed by atoms with Crippen LogP contribution in [-0.2, 0) is 11.2 Å². The highest BCUT2D eigenvalue weighted by Crippen LogP contribution is 2.24. The van der Waals surface area contributed by atoms with E-state index in [1.807, 2.05) is 91.0 Å². The molecule has 0 bridgehead atoms. The zero-order chi connectivity index (χ0) is 24.9. The Labute approximate surface area is 207 Å². The zero-order valence-electron chi connectivity index (χ0n) is 19.5. The predicted molar refractivity (Wildman–Crippen MR) is 135 cm³/mol. The summed E-state index contributed by atoms with van der Waals surface area (Å²) >= 11 is 0. The number of hydrazine groups is 1. The fourth-order valence-corrected chi connectivity index (χ4v) is 3.75. The van der Waals surface area contributed by atoms with Crippen molar-refractivity contribution in [3.8, 4) is 28.4 Å². The molecule has 36 heavy (non-hydrogen) atoms. The summed E-state index contributed by atoms with van der Waals surface area (Å²) in [5.41, 5.74) is 8.74. The van der Waals surface area contributed by atoms with Crippen molar-refractivity contribution in [2.75, 3.05) is 0 Å². The van der Waals surface area contributed by atoms with Crippen molar-refractivity contribution < 1.29 is 14.0 Å². The minimum atomic E-state index is -0.480. The van der Waals surface area contributed by atoms with Crippen LogP contribution in [0.5, 0.6) is 0 Å². The Hall–Kier alpha value is -4.98. The number of oxazole rings is 1. The van der Waals surface area contributed by atoms with Gasteiger partial charge in [0.05, 0.1) is 23.4 Å². The second kappa shape index (κ2) is 10.1. The fraction of sp³-hybridized carbons (Fsp3) is 0.0714. The van der Waals surface area contributed by atoms with E-state index in [1.165, 1.54) is 0 Å². The molecule has 0 aliphatic carbocycles. The number of aromatic nitrogens is 3. The molecule has 0 atom stereocenters. The molecule has 2 N–H and O–H groups in total. The van der Waals surface area contributed by atoms with Crippen LogP contribution >= 0.6 is 0 Å². The molecule has 3 aromatic carbocycles. The lowest BCUT2D eigenvalue weighted by molar-refractivity contribution is -0.121. The van der Waals surface area contributed by atoms with Crippen LogP contribution in [0.25, 0.3) is 28.4 Å². The van der Waals surface area contributed by atoms with Crippen LogP contribution in [0.2, 0.25) is 0 Å². The van der Waals surface area contributed by atoms with Crippen LogP contribution in [0.15, 0.2) is 102 Å². The molecule has 8 nitrogen and oxygen atoms in total. The van der Waals surface area contributed by atoms with E-state index >= 15 is 0 Å². The van der Waals surface area contributed by atoms with Gasteiger partial charge in [0.1, 0.15) is 11.5 Å². The van der Waals surface area contributed by atoms with Gasteiger partial charge in [0.2, 0.25) is 11.8 Å². The number of nitrogens with one attached hydrogen (secondary N) is 2. The molecule has 2 amide bonds. The average molecular weight is 478 g/mol. The molecule has 5 rings (SSSR count). The number of nitrogens with zero attached hydrogens (tertiary/aromatic N) is 3. The number of carbonyl (C=O) groups is 2. The van der Waals surface area contributed by atoms with Gasteiger partial charge in [-0.05, 0) is 31.2 Å². The van der Waals surface area contributed by atoms with Gasteiger partial charge in [-0.1, -0.05) is 66.7 Å². The number of benzene rings is 3. The third-order valence-corrected chi connectivity index (χ3v) is 5.58. The molecule has 0 unspecified atom stereocenters. The zero-order valence-corrected chi connectivity index (χ0v) is 19.5. The Kier molecular flexibility index (Phi) is 6.40.